The van der Waals surface area contributed by atoms with Gasteiger partial charge in [-0.25, -0.2) is 17.6 Å². The third-order valence-electron chi connectivity index (χ3n) is 29.3. The van der Waals surface area contributed by atoms with Crippen molar-refractivity contribution < 1.29 is 17.6 Å². The van der Waals surface area contributed by atoms with Gasteiger partial charge in [-0.1, -0.05) is 401 Å². The van der Waals surface area contributed by atoms with E-state index in [1.54, 1.807) is 24.3 Å². The van der Waals surface area contributed by atoms with Gasteiger partial charge in [0.05, 0.1) is 0 Å². The first-order valence-corrected chi connectivity index (χ1v) is 50.7. The summed E-state index contributed by atoms with van der Waals surface area (Å²) < 4.78 is 60.1. The summed E-state index contributed by atoms with van der Waals surface area (Å²) in [5, 5.41) is 0. The van der Waals surface area contributed by atoms with Crippen LogP contribution < -0.4 is 0 Å². The van der Waals surface area contributed by atoms with Crippen LogP contribution in [-0.2, 0) is 25.7 Å². The predicted molar refractivity (Wildman–Crippen MR) is 542 cm³/mol. The van der Waals surface area contributed by atoms with Crippen LogP contribution in [0.15, 0.2) is 267 Å². The van der Waals surface area contributed by atoms with Crippen molar-refractivity contribution in [1.29, 1.82) is 0 Å². The summed E-state index contributed by atoms with van der Waals surface area (Å²) in [6.07, 6.45) is 46.8. The van der Waals surface area contributed by atoms with Gasteiger partial charge in [0, 0.05) is 22.3 Å². The molecule has 0 amide bonds. The van der Waals surface area contributed by atoms with E-state index in [9.17, 15) is 8.78 Å². The second-order valence-corrected chi connectivity index (χ2v) is 38.5. The molecule has 16 rings (SSSR count). The summed E-state index contributed by atoms with van der Waals surface area (Å²) in [6, 6.07) is 91.2. The number of aryl methyl sites for hydroxylation is 4. The molecule has 0 unspecified atom stereocenters. The van der Waals surface area contributed by atoms with Gasteiger partial charge in [-0.05, 0) is 311 Å². The van der Waals surface area contributed by atoms with E-state index in [0.717, 1.165) is 135 Å². The van der Waals surface area contributed by atoms with E-state index in [2.05, 4.69) is 250 Å². The van der Waals surface area contributed by atoms with Crippen LogP contribution in [0, 0.1) is 46.9 Å². The normalized spacial score (nSPS) is 18.6. The maximum atomic E-state index is 15.0. The molecule has 12 aromatic rings. The molecule has 0 aromatic heterocycles. The third kappa shape index (κ3) is 27.3. The third-order valence-corrected chi connectivity index (χ3v) is 29.3. The fraction of sp³-hybridized carbons (Fsp3) is 0.419. The number of benzene rings is 12. The molecule has 0 radical (unpaired) electrons. The lowest BCUT2D eigenvalue weighted by molar-refractivity contribution is 0.303. The largest absolute Gasteiger partial charge is 0.206 e. The summed E-state index contributed by atoms with van der Waals surface area (Å²) in [6.45, 7) is 17.9. The highest BCUT2D eigenvalue weighted by Crippen LogP contribution is 2.45. The molecule has 0 atom stereocenters. The zero-order valence-electron chi connectivity index (χ0n) is 79.0. The van der Waals surface area contributed by atoms with E-state index in [4.69, 9.17) is 0 Å². The molecule has 4 saturated carbocycles. The van der Waals surface area contributed by atoms with Crippen molar-refractivity contribution in [2.24, 2.45) is 23.7 Å². The summed E-state index contributed by atoms with van der Waals surface area (Å²) in [5.74, 6) is 5.81. The quantitative estimate of drug-likeness (QED) is 0.0291. The Morgan fingerprint density at radius 1 is 0.188 bits per heavy atom. The summed E-state index contributed by atoms with van der Waals surface area (Å²) >= 11 is 0. The van der Waals surface area contributed by atoms with E-state index in [-0.39, 0.29) is 23.3 Å². The highest BCUT2D eigenvalue weighted by atomic mass is 19.1. The number of hydrogen-bond donors (Lipinski definition) is 0. The van der Waals surface area contributed by atoms with Crippen LogP contribution in [0.4, 0.5) is 17.6 Å². The van der Waals surface area contributed by atoms with Crippen molar-refractivity contribution in [2.75, 3.05) is 0 Å². The van der Waals surface area contributed by atoms with Gasteiger partial charge < -0.3 is 0 Å². The Balaban J connectivity index is 0.000000146. The van der Waals surface area contributed by atoms with Gasteiger partial charge in [-0.3, -0.25) is 0 Å². The van der Waals surface area contributed by atoms with Crippen molar-refractivity contribution in [3.8, 4) is 89.0 Å². The standard InChI is InChI=1S/C32H39F.2C31H37F.C30H35F/c1-3-5-6-8-25-11-13-26(14-12-25)27-17-19-29(20-18-27)31-22-21-30(23-32(31)33)28-15-9-24(7-4-2)10-16-28;1-3-5-6-7-24-10-14-25(15-11-24)26-16-18-28(19-17-26)30-21-20-29(22-31(30)32)27-12-8-23(4-2)9-13-27;1-3-5-7-24-10-12-25(13-11-24)26-16-18-28(19-17-26)30-21-20-29(22-31(30)32)27-14-8-23(6-4-2)9-15-27;1-3-5-22-7-11-24(12-8-22)25-15-17-27(18-16-25)29-20-19-28(21-30(29)31)26-13-9-23(6-4-2)10-14-26/h9-10,15-23,25-26H,3-8,11-14H2,1-2H3;8-9,12-13,16-22,24-25H,3-7,10-11,14-15H2,1-2H3;8-9,14-22,24-25H,3-7,10-13H2,1-2H3;9-10,13-22,24H,3-8,11-12H2,1-2H3. The maximum Gasteiger partial charge on any atom is 0.131 e. The minimum atomic E-state index is -0.151. The van der Waals surface area contributed by atoms with Gasteiger partial charge in [-0.2, -0.15) is 0 Å². The number of hydrogen-bond acceptors (Lipinski definition) is 0. The highest BCUT2D eigenvalue weighted by Gasteiger charge is 2.27. The van der Waals surface area contributed by atoms with Crippen LogP contribution in [0.25, 0.3) is 89.0 Å². The Hall–Kier alpha value is -9.64. The average molecular weight is 1710 g/mol. The molecular weight excluding hydrogens is 1570 g/mol. The molecule has 0 nitrogen and oxygen atoms in total. The Morgan fingerprint density at radius 3 is 0.609 bits per heavy atom. The molecule has 0 N–H and O–H groups in total. The fourth-order valence-electron chi connectivity index (χ4n) is 21.2. The molecule has 128 heavy (non-hydrogen) atoms. The van der Waals surface area contributed by atoms with Crippen LogP contribution in [-0.4, -0.2) is 0 Å². The van der Waals surface area contributed by atoms with E-state index in [0.29, 0.717) is 45.9 Å². The lowest BCUT2D eigenvalue weighted by Gasteiger charge is -2.29. The Kier molecular flexibility index (Phi) is 37.4. The SMILES string of the molecule is CCCCC1CCC(c2ccc(-c3ccc(-c4ccc(CCC)cc4)cc3F)cc2)CC1.CCCCCC1CCC(c2ccc(-c3ccc(-c4ccc(CC)cc4)cc3F)cc2)CC1.CCCCCC1CCC(c2ccc(-c3ccc(-c4ccc(CCC)cc4)cc3F)cc2)CC1.CCCc1ccc(-c2ccc(-c3ccc(C4CCC(CCC)CC4)cc3)c(F)c2)cc1. The Labute approximate surface area is 770 Å². The number of halogens is 4. The maximum absolute atomic E-state index is 15.0. The monoisotopic (exact) mass is 1710 g/mol. The van der Waals surface area contributed by atoms with Crippen LogP contribution in [0.2, 0.25) is 0 Å². The minimum absolute atomic E-state index is 0.148. The molecule has 0 saturated heterocycles. The topological polar surface area (TPSA) is 0 Å². The molecule has 0 aliphatic heterocycles. The summed E-state index contributed by atoms with van der Waals surface area (Å²) in [7, 11) is 0. The van der Waals surface area contributed by atoms with E-state index < -0.39 is 0 Å². The van der Waals surface area contributed by atoms with Crippen LogP contribution in [0.5, 0.6) is 0 Å². The van der Waals surface area contributed by atoms with Crippen LogP contribution >= 0.6 is 0 Å². The van der Waals surface area contributed by atoms with Gasteiger partial charge in [0.15, 0.2) is 0 Å². The van der Waals surface area contributed by atoms with Crippen LogP contribution in [0.3, 0.4) is 0 Å². The zero-order chi connectivity index (χ0) is 89.4. The highest BCUT2D eigenvalue weighted by molar-refractivity contribution is 5.76. The lowest BCUT2D eigenvalue weighted by Crippen LogP contribution is -2.13. The molecule has 4 fully saturated rings. The second kappa shape index (κ2) is 49.9. The van der Waals surface area contributed by atoms with Gasteiger partial charge in [0.25, 0.3) is 0 Å². The number of rotatable bonds is 32. The molecule has 0 bridgehead atoms. The van der Waals surface area contributed by atoms with Crippen molar-refractivity contribution in [3.05, 3.63) is 335 Å². The van der Waals surface area contributed by atoms with Gasteiger partial charge >= 0.3 is 0 Å². The first-order valence-electron chi connectivity index (χ1n) is 50.7. The van der Waals surface area contributed by atoms with E-state index in [1.807, 2.05) is 48.5 Å². The van der Waals surface area contributed by atoms with Crippen molar-refractivity contribution in [2.45, 2.75) is 310 Å². The molecule has 0 spiro atoms. The zero-order valence-corrected chi connectivity index (χ0v) is 79.0. The minimum Gasteiger partial charge on any atom is -0.206 e. The van der Waals surface area contributed by atoms with Gasteiger partial charge in [0.2, 0.25) is 0 Å². The van der Waals surface area contributed by atoms with Gasteiger partial charge in [-0.15, -0.1) is 0 Å². The fourth-order valence-corrected chi connectivity index (χ4v) is 21.2. The summed E-state index contributed by atoms with van der Waals surface area (Å²) in [4.78, 5) is 0. The van der Waals surface area contributed by atoms with Crippen molar-refractivity contribution >= 4 is 0 Å². The van der Waals surface area contributed by atoms with E-state index in [1.165, 1.54) is 231 Å². The van der Waals surface area contributed by atoms with Crippen molar-refractivity contribution in [3.63, 3.8) is 0 Å². The predicted octanol–water partition coefficient (Wildman–Crippen LogP) is 38.3. The summed E-state index contributed by atoms with van der Waals surface area (Å²) in [5.41, 5.74) is 25.6. The average Bonchev–Trinajstić information content (AvgIpc) is 0.818. The van der Waals surface area contributed by atoms with E-state index >= 15 is 8.78 Å². The van der Waals surface area contributed by atoms with Crippen LogP contribution in [0.1, 0.15) is 329 Å². The van der Waals surface area contributed by atoms with Crippen molar-refractivity contribution in [1.82, 2.24) is 0 Å². The Bertz CT molecular complexity index is 5240. The first kappa shape index (κ1) is 95.9. The lowest BCUT2D eigenvalue weighted by atomic mass is 9.77. The molecule has 4 aliphatic carbocycles. The molecule has 0 heterocycles. The first-order chi connectivity index (χ1) is 62.7. The molecule has 4 heteroatoms. The number of unbranched alkanes of at least 4 members (excludes halogenated alkanes) is 5. The second-order valence-electron chi connectivity index (χ2n) is 38.5. The smallest absolute Gasteiger partial charge is 0.131 e. The Morgan fingerprint density at radius 2 is 0.398 bits per heavy atom. The molecule has 4 aliphatic rings. The van der Waals surface area contributed by atoms with Gasteiger partial charge in [0.1, 0.15) is 23.3 Å². The molecular formula is C124H148F4. The molecule has 672 valence electrons. The molecule has 12 aromatic carbocycles.